The second kappa shape index (κ2) is 5.15. The van der Waals surface area contributed by atoms with Gasteiger partial charge in [-0.3, -0.25) is 19.8 Å². The molecule has 0 radical (unpaired) electrons. The zero-order chi connectivity index (χ0) is 18.0. The summed E-state index contributed by atoms with van der Waals surface area (Å²) in [6.45, 7) is 0. The molecule has 1 amide bonds. The van der Waals surface area contributed by atoms with Crippen LogP contribution in [0.5, 0.6) is 0 Å². The lowest BCUT2D eigenvalue weighted by Gasteiger charge is -2.25. The molecule has 128 valence electrons. The van der Waals surface area contributed by atoms with Crippen molar-refractivity contribution in [2.45, 2.75) is 12.5 Å². The van der Waals surface area contributed by atoms with Gasteiger partial charge < -0.3 is 0 Å². The summed E-state index contributed by atoms with van der Waals surface area (Å²) >= 11 is 0. The largest absolute Gasteiger partial charge is 0.295 e. The van der Waals surface area contributed by atoms with Gasteiger partial charge in [0, 0.05) is 17.4 Å². The smallest absolute Gasteiger partial charge is 0.277 e. The molecule has 6 heteroatoms. The lowest BCUT2D eigenvalue weighted by molar-refractivity contribution is -0.383. The van der Waals surface area contributed by atoms with Crippen molar-refractivity contribution in [1.29, 1.82) is 5.26 Å². The van der Waals surface area contributed by atoms with Crippen LogP contribution in [0.2, 0.25) is 0 Å². The Kier molecular flexibility index (Phi) is 2.99. The highest BCUT2D eigenvalue weighted by Crippen LogP contribution is 2.55. The number of nitro benzene ring substituents is 1. The monoisotopic (exact) mass is 345 g/mol. The van der Waals surface area contributed by atoms with Gasteiger partial charge in [-0.15, -0.1) is 0 Å². The van der Waals surface area contributed by atoms with Crippen molar-refractivity contribution in [3.05, 3.63) is 58.7 Å². The normalized spacial score (nSPS) is 31.4. The molecule has 0 N–H and O–H groups in total. The molecule has 6 nitrogen and oxygen atoms in total. The van der Waals surface area contributed by atoms with Crippen molar-refractivity contribution in [1.82, 2.24) is 0 Å². The Morgan fingerprint density at radius 2 is 1.85 bits per heavy atom. The van der Waals surface area contributed by atoms with Crippen molar-refractivity contribution in [3.63, 3.8) is 0 Å². The number of amides is 1. The third kappa shape index (κ3) is 1.77. The molecule has 0 aromatic heterocycles. The summed E-state index contributed by atoms with van der Waals surface area (Å²) in [4.78, 5) is 25.7. The molecule has 26 heavy (non-hydrogen) atoms. The van der Waals surface area contributed by atoms with Gasteiger partial charge >= 0.3 is 0 Å². The van der Waals surface area contributed by atoms with Gasteiger partial charge in [-0.05, 0) is 30.4 Å². The number of non-ortho nitro benzene ring substituents is 1. The van der Waals surface area contributed by atoms with Crippen LogP contribution in [-0.2, 0) is 4.79 Å². The highest BCUT2D eigenvalue weighted by atomic mass is 16.6. The molecule has 5 atom stereocenters. The third-order valence-corrected chi connectivity index (χ3v) is 6.15. The van der Waals surface area contributed by atoms with Crippen molar-refractivity contribution < 1.29 is 9.72 Å². The number of nitriles is 1. The van der Waals surface area contributed by atoms with Gasteiger partial charge in [0.15, 0.2) is 0 Å². The van der Waals surface area contributed by atoms with Gasteiger partial charge in [0.25, 0.3) is 5.69 Å². The van der Waals surface area contributed by atoms with E-state index >= 15 is 0 Å². The van der Waals surface area contributed by atoms with Crippen LogP contribution in [0.15, 0.2) is 48.6 Å². The number of hydrogen-bond acceptors (Lipinski definition) is 4. The molecule has 2 aliphatic carbocycles. The zero-order valence-electron chi connectivity index (χ0n) is 13.8. The predicted molar refractivity (Wildman–Crippen MR) is 95.2 cm³/mol. The fourth-order valence-corrected chi connectivity index (χ4v) is 5.16. The summed E-state index contributed by atoms with van der Waals surface area (Å²) in [6, 6.07) is 11.8. The topological polar surface area (TPSA) is 87.2 Å². The lowest BCUT2D eigenvalue weighted by Crippen LogP contribution is -2.36. The molecular formula is C20H15N3O3. The van der Waals surface area contributed by atoms with Crippen molar-refractivity contribution in [2.24, 2.45) is 23.7 Å². The molecule has 3 aliphatic rings. The van der Waals surface area contributed by atoms with Gasteiger partial charge in [-0.25, -0.2) is 0 Å². The molecule has 5 rings (SSSR count). The SMILES string of the molecule is N#C[C@@H]1[C@@H]2[C@H](C(=O)N1c1ccc([N+](=O)[O-])c3ccccc13)[C@@H]1C=C[C@H]2C1. The van der Waals surface area contributed by atoms with E-state index in [1.165, 1.54) is 6.07 Å². The third-order valence-electron chi connectivity index (χ3n) is 6.15. The number of benzene rings is 2. The van der Waals surface area contributed by atoms with Crippen LogP contribution in [0.25, 0.3) is 10.8 Å². The number of fused-ring (bicyclic) bond motifs is 6. The minimum atomic E-state index is -0.530. The van der Waals surface area contributed by atoms with Crippen LogP contribution in [0.3, 0.4) is 0 Å². The Hall–Kier alpha value is -3.20. The summed E-state index contributed by atoms with van der Waals surface area (Å²) in [5.74, 6) is 0.313. The number of nitrogens with zero attached hydrogens (tertiary/aromatic N) is 3. The average molecular weight is 345 g/mol. The molecule has 1 aliphatic heterocycles. The molecule has 2 fully saturated rings. The highest BCUT2D eigenvalue weighted by molar-refractivity contribution is 6.09. The fraction of sp³-hybridized carbons (Fsp3) is 0.300. The van der Waals surface area contributed by atoms with Crippen LogP contribution >= 0.6 is 0 Å². The standard InChI is InChI=1S/C20H15N3O3/c21-10-17-18-11-5-6-12(9-11)19(18)20(24)22(17)15-7-8-16(23(25)26)14-4-2-1-3-13(14)15/h1-8,11-12,17-19H,9H2/t11-,12+,17+,18+,19+/m0/s1. The molecule has 0 unspecified atom stereocenters. The first-order valence-electron chi connectivity index (χ1n) is 8.69. The summed E-state index contributed by atoms with van der Waals surface area (Å²) in [7, 11) is 0. The number of allylic oxidation sites excluding steroid dienone is 2. The van der Waals surface area contributed by atoms with Gasteiger partial charge in [0.05, 0.1) is 28.0 Å². The molecule has 1 heterocycles. The van der Waals surface area contributed by atoms with E-state index in [4.69, 9.17) is 0 Å². The van der Waals surface area contributed by atoms with Crippen LogP contribution in [0.4, 0.5) is 11.4 Å². The molecule has 2 bridgehead atoms. The van der Waals surface area contributed by atoms with Crippen LogP contribution in [0, 0.1) is 45.1 Å². The summed E-state index contributed by atoms with van der Waals surface area (Å²) in [5, 5.41) is 22.3. The van der Waals surface area contributed by atoms with Crippen LogP contribution in [-0.4, -0.2) is 16.9 Å². The van der Waals surface area contributed by atoms with E-state index in [1.807, 2.05) is 0 Å². The lowest BCUT2D eigenvalue weighted by atomic mass is 9.82. The minimum Gasteiger partial charge on any atom is -0.295 e. The first-order valence-corrected chi connectivity index (χ1v) is 8.69. The Morgan fingerprint density at radius 3 is 2.58 bits per heavy atom. The van der Waals surface area contributed by atoms with Gasteiger partial charge in [0.2, 0.25) is 5.91 Å². The molecule has 0 spiro atoms. The fourth-order valence-electron chi connectivity index (χ4n) is 5.16. The summed E-state index contributed by atoms with van der Waals surface area (Å²) in [6.07, 6.45) is 5.20. The Balaban J connectivity index is 1.69. The van der Waals surface area contributed by atoms with E-state index in [0.29, 0.717) is 16.5 Å². The van der Waals surface area contributed by atoms with Crippen molar-refractivity contribution in [3.8, 4) is 6.07 Å². The molecule has 1 saturated heterocycles. The maximum atomic E-state index is 13.2. The minimum absolute atomic E-state index is 0.00596. The zero-order valence-corrected chi connectivity index (χ0v) is 13.8. The maximum absolute atomic E-state index is 13.2. The first kappa shape index (κ1) is 15.1. The van der Waals surface area contributed by atoms with Gasteiger partial charge in [-0.1, -0.05) is 30.4 Å². The van der Waals surface area contributed by atoms with E-state index in [2.05, 4.69) is 18.2 Å². The van der Waals surface area contributed by atoms with E-state index in [-0.39, 0.29) is 35.3 Å². The van der Waals surface area contributed by atoms with E-state index in [0.717, 1.165) is 6.42 Å². The first-order chi connectivity index (χ1) is 12.6. The van der Waals surface area contributed by atoms with Crippen LogP contribution in [0.1, 0.15) is 6.42 Å². The van der Waals surface area contributed by atoms with Crippen LogP contribution < -0.4 is 4.90 Å². The van der Waals surface area contributed by atoms with Crippen molar-refractivity contribution in [2.75, 3.05) is 4.90 Å². The number of rotatable bonds is 2. The average Bonchev–Trinajstić information content (AvgIpc) is 3.33. The van der Waals surface area contributed by atoms with Gasteiger partial charge in [0.1, 0.15) is 6.04 Å². The van der Waals surface area contributed by atoms with E-state index < -0.39 is 11.0 Å². The summed E-state index contributed by atoms with van der Waals surface area (Å²) in [5.41, 5.74) is 0.600. The van der Waals surface area contributed by atoms with E-state index in [9.17, 15) is 20.2 Å². The van der Waals surface area contributed by atoms with Gasteiger partial charge in [-0.2, -0.15) is 5.26 Å². The predicted octanol–water partition coefficient (Wildman–Crippen LogP) is 3.43. The maximum Gasteiger partial charge on any atom is 0.277 e. The highest BCUT2D eigenvalue weighted by Gasteiger charge is 2.59. The quantitative estimate of drug-likeness (QED) is 0.474. The molecule has 1 saturated carbocycles. The number of hydrogen-bond donors (Lipinski definition) is 0. The molecule has 2 aromatic rings. The summed E-state index contributed by atoms with van der Waals surface area (Å²) < 4.78 is 0. The number of anilines is 1. The molecular weight excluding hydrogens is 330 g/mol. The Bertz CT molecular complexity index is 1040. The second-order valence-corrected chi connectivity index (χ2v) is 7.24. The second-order valence-electron chi connectivity index (χ2n) is 7.24. The number of carbonyl (C=O) groups is 1. The molecule has 2 aromatic carbocycles. The number of carbonyl (C=O) groups excluding carboxylic acids is 1. The Labute approximate surface area is 149 Å². The van der Waals surface area contributed by atoms with Crippen molar-refractivity contribution >= 4 is 28.1 Å². The number of nitro groups is 1. The Morgan fingerprint density at radius 1 is 1.12 bits per heavy atom. The van der Waals surface area contributed by atoms with E-state index in [1.54, 1.807) is 35.2 Å².